The van der Waals surface area contributed by atoms with Gasteiger partial charge in [-0.15, -0.1) is 0 Å². The topological polar surface area (TPSA) is 93.3 Å². The van der Waals surface area contributed by atoms with Crippen LogP contribution in [0, 0.1) is 0 Å². The monoisotopic (exact) mass is 606 g/mol. The molecule has 0 saturated heterocycles. The lowest BCUT2D eigenvalue weighted by atomic mass is 10.1. The minimum Gasteiger partial charge on any atom is -0.464 e. The van der Waals surface area contributed by atoms with Crippen molar-refractivity contribution in [2.75, 3.05) is 13.2 Å². The molecule has 8 heteroatoms. The molecule has 8 nitrogen and oxygen atoms in total. The second-order valence-corrected chi connectivity index (χ2v) is 12.2. The summed E-state index contributed by atoms with van der Waals surface area (Å²) in [6.07, 6.45) is 29.8. The van der Waals surface area contributed by atoms with Crippen molar-refractivity contribution in [2.45, 2.75) is 168 Å². The molecule has 2 amide bonds. The number of nitrogens with zero attached hydrogens (tertiary/aromatic N) is 2. The van der Waals surface area contributed by atoms with Crippen LogP contribution in [0.15, 0.2) is 18.7 Å². The third kappa shape index (κ3) is 22.8. The first-order valence-electron chi connectivity index (χ1n) is 17.7. The van der Waals surface area contributed by atoms with Gasteiger partial charge in [0.25, 0.3) is 0 Å². The van der Waals surface area contributed by atoms with E-state index < -0.39 is 6.04 Å². The lowest BCUT2D eigenvalue weighted by Crippen LogP contribution is -2.41. The number of hydrogen-bond acceptors (Lipinski definition) is 4. The SMILES string of the molecule is CCCCCCCCCCCC(=O)NCCCC[C@H](NC(=O)CCCCCCCCCCn1cc[n+](C)c1)C(=O)OCC. The number of imidazole rings is 1. The first kappa shape index (κ1) is 38.6. The predicted octanol–water partition coefficient (Wildman–Crippen LogP) is 7.08. The summed E-state index contributed by atoms with van der Waals surface area (Å²) < 4.78 is 9.50. The minimum atomic E-state index is -0.612. The number of carbonyl (C=O) groups is 3. The second kappa shape index (κ2) is 27.2. The maximum atomic E-state index is 12.5. The van der Waals surface area contributed by atoms with Crippen molar-refractivity contribution in [2.24, 2.45) is 7.05 Å². The maximum Gasteiger partial charge on any atom is 0.328 e. The van der Waals surface area contributed by atoms with Crippen molar-refractivity contribution >= 4 is 17.8 Å². The number of esters is 1. The molecular formula is C35H65N4O4+. The van der Waals surface area contributed by atoms with Crippen molar-refractivity contribution in [1.29, 1.82) is 0 Å². The Balaban J connectivity index is 2.05. The van der Waals surface area contributed by atoms with Crippen LogP contribution in [0.25, 0.3) is 0 Å². The molecule has 0 aromatic carbocycles. The molecule has 1 rings (SSSR count). The van der Waals surface area contributed by atoms with Gasteiger partial charge in [0, 0.05) is 19.4 Å². The van der Waals surface area contributed by atoms with Gasteiger partial charge in [-0.3, -0.25) is 9.59 Å². The summed E-state index contributed by atoms with van der Waals surface area (Å²) in [7, 11) is 2.05. The van der Waals surface area contributed by atoms with Gasteiger partial charge in [0.1, 0.15) is 18.4 Å². The number of nitrogens with one attached hydrogen (secondary N) is 2. The molecule has 248 valence electrons. The Morgan fingerprint density at radius 2 is 1.28 bits per heavy atom. The average molecular weight is 606 g/mol. The number of aromatic nitrogens is 2. The Bertz CT molecular complexity index is 842. The van der Waals surface area contributed by atoms with Gasteiger partial charge in [0.2, 0.25) is 18.1 Å². The van der Waals surface area contributed by atoms with Crippen LogP contribution in [0.3, 0.4) is 0 Å². The van der Waals surface area contributed by atoms with Crippen LogP contribution in [0.2, 0.25) is 0 Å². The lowest BCUT2D eigenvalue weighted by Gasteiger charge is -2.17. The van der Waals surface area contributed by atoms with Crippen LogP contribution >= 0.6 is 0 Å². The molecule has 0 fully saturated rings. The Hall–Kier alpha value is -2.38. The summed E-state index contributed by atoms with van der Waals surface area (Å²) in [5, 5.41) is 5.89. The van der Waals surface area contributed by atoms with Crippen molar-refractivity contribution in [1.82, 2.24) is 15.2 Å². The zero-order valence-corrected chi connectivity index (χ0v) is 28.0. The zero-order chi connectivity index (χ0) is 31.4. The largest absolute Gasteiger partial charge is 0.464 e. The van der Waals surface area contributed by atoms with Crippen LogP contribution < -0.4 is 15.2 Å². The molecule has 1 atom stereocenters. The third-order valence-electron chi connectivity index (χ3n) is 8.05. The van der Waals surface area contributed by atoms with E-state index in [2.05, 4.69) is 45.4 Å². The van der Waals surface area contributed by atoms with Gasteiger partial charge in [0.15, 0.2) is 0 Å². The van der Waals surface area contributed by atoms with E-state index in [0.29, 0.717) is 32.4 Å². The van der Waals surface area contributed by atoms with Crippen LogP contribution in [0.1, 0.15) is 155 Å². The Morgan fingerprint density at radius 3 is 1.84 bits per heavy atom. The number of carbonyl (C=O) groups excluding carboxylic acids is 3. The highest BCUT2D eigenvalue weighted by atomic mass is 16.5. The van der Waals surface area contributed by atoms with Crippen LogP contribution in [0.4, 0.5) is 0 Å². The summed E-state index contributed by atoms with van der Waals surface area (Å²) in [5.74, 6) is -0.331. The van der Waals surface area contributed by atoms with Crippen molar-refractivity contribution in [3.8, 4) is 0 Å². The Kier molecular flexibility index (Phi) is 24.4. The smallest absolute Gasteiger partial charge is 0.328 e. The van der Waals surface area contributed by atoms with Gasteiger partial charge in [-0.1, -0.05) is 90.4 Å². The van der Waals surface area contributed by atoms with Gasteiger partial charge >= 0.3 is 5.97 Å². The highest BCUT2D eigenvalue weighted by Crippen LogP contribution is 2.12. The normalized spacial score (nSPS) is 11.8. The molecule has 2 N–H and O–H groups in total. The van der Waals surface area contributed by atoms with E-state index in [1.807, 2.05) is 7.05 Å². The van der Waals surface area contributed by atoms with E-state index in [0.717, 1.165) is 51.5 Å². The van der Waals surface area contributed by atoms with Gasteiger partial charge in [-0.25, -0.2) is 13.9 Å². The second-order valence-electron chi connectivity index (χ2n) is 12.2. The molecule has 1 aromatic heterocycles. The Labute approximate surface area is 263 Å². The first-order valence-corrected chi connectivity index (χ1v) is 17.7. The van der Waals surface area contributed by atoms with E-state index >= 15 is 0 Å². The molecule has 1 heterocycles. The van der Waals surface area contributed by atoms with Gasteiger partial charge < -0.3 is 15.4 Å². The van der Waals surface area contributed by atoms with Crippen molar-refractivity contribution in [3.63, 3.8) is 0 Å². The van der Waals surface area contributed by atoms with E-state index in [1.165, 1.54) is 77.0 Å². The van der Waals surface area contributed by atoms with Crippen molar-refractivity contribution < 1.29 is 23.7 Å². The van der Waals surface area contributed by atoms with Crippen LogP contribution in [-0.2, 0) is 32.7 Å². The molecule has 0 unspecified atom stereocenters. The van der Waals surface area contributed by atoms with Crippen molar-refractivity contribution in [3.05, 3.63) is 18.7 Å². The summed E-state index contributed by atoms with van der Waals surface area (Å²) in [6.45, 7) is 6.00. The molecule has 0 spiro atoms. The number of aryl methyl sites for hydroxylation is 2. The predicted molar refractivity (Wildman–Crippen MR) is 174 cm³/mol. The quantitative estimate of drug-likeness (QED) is 0.0580. The van der Waals surface area contributed by atoms with E-state index in [9.17, 15) is 14.4 Å². The summed E-state index contributed by atoms with van der Waals surface area (Å²) in [4.78, 5) is 37.0. The molecule has 0 radical (unpaired) electrons. The highest BCUT2D eigenvalue weighted by molar-refractivity contribution is 5.84. The van der Waals surface area contributed by atoms with Crippen LogP contribution in [0.5, 0.6) is 0 Å². The molecule has 43 heavy (non-hydrogen) atoms. The standard InChI is InChI=1S/C35H64N4O4/c1-4-6-7-8-9-10-13-16-19-25-33(40)36-27-22-21-24-32(35(42)43-5-2)37-34(41)26-20-17-14-11-12-15-18-23-28-39-30-29-38(3)31-39/h29-32H,4-28H2,1-3H3,(H-,36,37,40,41)/p+1/t32-/m0/s1. The lowest BCUT2D eigenvalue weighted by molar-refractivity contribution is -0.671. The first-order chi connectivity index (χ1) is 21.0. The fraction of sp³-hybridized carbons (Fsp3) is 0.829. The number of unbranched alkanes of at least 4 members (excludes halogenated alkanes) is 16. The zero-order valence-electron chi connectivity index (χ0n) is 28.0. The van der Waals surface area contributed by atoms with Gasteiger partial charge in [-0.2, -0.15) is 0 Å². The van der Waals surface area contributed by atoms with E-state index in [1.54, 1.807) is 6.92 Å². The fourth-order valence-corrected chi connectivity index (χ4v) is 5.42. The average Bonchev–Trinajstić information content (AvgIpc) is 3.41. The highest BCUT2D eigenvalue weighted by Gasteiger charge is 2.21. The summed E-state index contributed by atoms with van der Waals surface area (Å²) in [6, 6.07) is -0.612. The number of hydrogen-bond donors (Lipinski definition) is 2. The third-order valence-corrected chi connectivity index (χ3v) is 8.05. The Morgan fingerprint density at radius 1 is 0.721 bits per heavy atom. The van der Waals surface area contributed by atoms with Gasteiger partial charge in [0.05, 0.1) is 20.2 Å². The van der Waals surface area contributed by atoms with Gasteiger partial charge in [-0.05, 0) is 51.9 Å². The fourth-order valence-electron chi connectivity index (χ4n) is 5.42. The molecular weight excluding hydrogens is 540 g/mol. The van der Waals surface area contributed by atoms with E-state index in [-0.39, 0.29) is 17.8 Å². The molecule has 1 aromatic rings. The molecule has 0 aliphatic carbocycles. The van der Waals surface area contributed by atoms with Crippen LogP contribution in [-0.4, -0.2) is 41.5 Å². The number of rotatable bonds is 29. The molecule has 0 saturated carbocycles. The molecule has 0 aliphatic heterocycles. The summed E-state index contributed by atoms with van der Waals surface area (Å²) in [5.41, 5.74) is 0. The molecule has 0 bridgehead atoms. The maximum absolute atomic E-state index is 12.5. The summed E-state index contributed by atoms with van der Waals surface area (Å²) >= 11 is 0. The van der Waals surface area contributed by atoms with E-state index in [4.69, 9.17) is 4.74 Å². The number of ether oxygens (including phenoxy) is 1. The minimum absolute atomic E-state index is 0.0780. The number of amides is 2. The molecule has 0 aliphatic rings.